The Labute approximate surface area is 103 Å². The molecule has 1 aliphatic carbocycles. The SMILES string of the molecule is O=C(CCS)NCCCC(=O)C1CCCC1. The lowest BCUT2D eigenvalue weighted by molar-refractivity contribution is -0.123. The molecule has 0 unspecified atom stereocenters. The Kier molecular flexibility index (Phi) is 6.53. The fourth-order valence-corrected chi connectivity index (χ4v) is 2.34. The Hall–Kier alpha value is -0.510. The summed E-state index contributed by atoms with van der Waals surface area (Å²) in [5, 5.41) is 2.79. The lowest BCUT2D eigenvalue weighted by atomic mass is 9.99. The molecule has 4 heteroatoms. The largest absolute Gasteiger partial charge is 0.356 e. The van der Waals surface area contributed by atoms with Crippen molar-refractivity contribution in [1.29, 1.82) is 0 Å². The van der Waals surface area contributed by atoms with Gasteiger partial charge in [-0.2, -0.15) is 12.6 Å². The van der Waals surface area contributed by atoms with Crippen molar-refractivity contribution in [2.75, 3.05) is 12.3 Å². The predicted octanol–water partition coefficient (Wildman–Crippen LogP) is 1.96. The second-order valence-electron chi connectivity index (χ2n) is 4.37. The van der Waals surface area contributed by atoms with E-state index in [2.05, 4.69) is 17.9 Å². The third kappa shape index (κ3) is 5.01. The van der Waals surface area contributed by atoms with Crippen LogP contribution in [0.1, 0.15) is 44.9 Å². The molecular weight excluding hydrogens is 222 g/mol. The van der Waals surface area contributed by atoms with Crippen LogP contribution >= 0.6 is 12.6 Å². The van der Waals surface area contributed by atoms with Gasteiger partial charge in [0.2, 0.25) is 5.91 Å². The summed E-state index contributed by atoms with van der Waals surface area (Å²) in [4.78, 5) is 22.8. The van der Waals surface area contributed by atoms with Crippen molar-refractivity contribution < 1.29 is 9.59 Å². The molecule has 1 rings (SSSR count). The van der Waals surface area contributed by atoms with Crippen LogP contribution < -0.4 is 5.32 Å². The van der Waals surface area contributed by atoms with Gasteiger partial charge in [-0.3, -0.25) is 9.59 Å². The van der Waals surface area contributed by atoms with E-state index in [1.54, 1.807) is 0 Å². The fourth-order valence-electron chi connectivity index (χ4n) is 2.13. The predicted molar refractivity (Wildman–Crippen MR) is 67.7 cm³/mol. The van der Waals surface area contributed by atoms with Crippen LogP contribution in [-0.2, 0) is 9.59 Å². The van der Waals surface area contributed by atoms with Crippen LogP contribution in [0.15, 0.2) is 0 Å². The maximum atomic E-state index is 11.7. The third-order valence-corrected chi connectivity index (χ3v) is 3.30. The minimum absolute atomic E-state index is 0.0308. The van der Waals surface area contributed by atoms with E-state index in [1.165, 1.54) is 12.8 Å². The highest BCUT2D eigenvalue weighted by molar-refractivity contribution is 7.80. The zero-order chi connectivity index (χ0) is 11.8. The summed E-state index contributed by atoms with van der Waals surface area (Å²) < 4.78 is 0. The zero-order valence-corrected chi connectivity index (χ0v) is 10.6. The molecule has 1 N–H and O–H groups in total. The standard InChI is InChI=1S/C12H21NO2S/c14-11(10-4-1-2-5-10)6-3-8-13-12(15)7-9-16/h10,16H,1-9H2,(H,13,15). The maximum absolute atomic E-state index is 11.7. The first-order valence-electron chi connectivity index (χ1n) is 6.14. The number of amides is 1. The van der Waals surface area contributed by atoms with E-state index in [-0.39, 0.29) is 5.91 Å². The van der Waals surface area contributed by atoms with Gasteiger partial charge in [-0.25, -0.2) is 0 Å². The first kappa shape index (κ1) is 13.6. The van der Waals surface area contributed by atoms with Crippen molar-refractivity contribution in [2.24, 2.45) is 5.92 Å². The van der Waals surface area contributed by atoms with Crippen LogP contribution in [0.25, 0.3) is 0 Å². The van der Waals surface area contributed by atoms with Gasteiger partial charge in [0.05, 0.1) is 0 Å². The van der Waals surface area contributed by atoms with Gasteiger partial charge in [-0.05, 0) is 25.0 Å². The number of thiol groups is 1. The summed E-state index contributed by atoms with van der Waals surface area (Å²) >= 11 is 3.98. The average Bonchev–Trinajstić information content (AvgIpc) is 2.78. The van der Waals surface area contributed by atoms with Crippen LogP contribution in [0, 0.1) is 5.92 Å². The second-order valence-corrected chi connectivity index (χ2v) is 4.82. The van der Waals surface area contributed by atoms with Gasteiger partial charge in [0.25, 0.3) is 0 Å². The molecule has 3 nitrogen and oxygen atoms in total. The van der Waals surface area contributed by atoms with Gasteiger partial charge in [0, 0.05) is 25.3 Å². The van der Waals surface area contributed by atoms with Crippen molar-refractivity contribution in [2.45, 2.75) is 44.9 Å². The van der Waals surface area contributed by atoms with Crippen LogP contribution in [0.5, 0.6) is 0 Å². The molecule has 92 valence electrons. The molecule has 0 spiro atoms. The number of ketones is 1. The number of rotatable bonds is 7. The second kappa shape index (κ2) is 7.71. The van der Waals surface area contributed by atoms with E-state index >= 15 is 0 Å². The van der Waals surface area contributed by atoms with Crippen molar-refractivity contribution in [3.63, 3.8) is 0 Å². The minimum Gasteiger partial charge on any atom is -0.356 e. The van der Waals surface area contributed by atoms with Gasteiger partial charge in [0.15, 0.2) is 0 Å². The molecule has 16 heavy (non-hydrogen) atoms. The summed E-state index contributed by atoms with van der Waals surface area (Å²) in [6, 6.07) is 0. The van der Waals surface area contributed by atoms with Gasteiger partial charge >= 0.3 is 0 Å². The molecule has 0 aromatic rings. The maximum Gasteiger partial charge on any atom is 0.220 e. The highest BCUT2D eigenvalue weighted by Gasteiger charge is 2.21. The van der Waals surface area contributed by atoms with Gasteiger partial charge < -0.3 is 5.32 Å². The molecule has 0 radical (unpaired) electrons. The zero-order valence-electron chi connectivity index (χ0n) is 9.71. The van der Waals surface area contributed by atoms with Crippen molar-refractivity contribution in [3.05, 3.63) is 0 Å². The fraction of sp³-hybridized carbons (Fsp3) is 0.833. The van der Waals surface area contributed by atoms with E-state index in [4.69, 9.17) is 0 Å². The molecular formula is C12H21NO2S. The molecule has 1 aliphatic rings. The Morgan fingerprint density at radius 3 is 2.50 bits per heavy atom. The Morgan fingerprint density at radius 2 is 1.88 bits per heavy atom. The van der Waals surface area contributed by atoms with E-state index in [0.29, 0.717) is 36.8 Å². The number of Topliss-reactive ketones (excluding diaryl/α,β-unsaturated/α-hetero) is 1. The first-order chi connectivity index (χ1) is 7.74. The minimum atomic E-state index is 0.0308. The van der Waals surface area contributed by atoms with Crippen LogP contribution in [0.4, 0.5) is 0 Å². The monoisotopic (exact) mass is 243 g/mol. The smallest absolute Gasteiger partial charge is 0.220 e. The highest BCUT2D eigenvalue weighted by atomic mass is 32.1. The van der Waals surface area contributed by atoms with Crippen LogP contribution in [0.3, 0.4) is 0 Å². The van der Waals surface area contributed by atoms with Crippen molar-refractivity contribution >= 4 is 24.3 Å². The van der Waals surface area contributed by atoms with E-state index in [1.807, 2.05) is 0 Å². The lowest BCUT2D eigenvalue weighted by Gasteiger charge is -2.08. The molecule has 1 amide bonds. The molecule has 0 bridgehead atoms. The summed E-state index contributed by atoms with van der Waals surface area (Å²) in [7, 11) is 0. The quantitative estimate of drug-likeness (QED) is 0.530. The number of nitrogens with one attached hydrogen (secondary N) is 1. The number of hydrogen-bond acceptors (Lipinski definition) is 3. The summed E-state index contributed by atoms with van der Waals surface area (Å²) in [6.45, 7) is 0.616. The molecule has 1 saturated carbocycles. The molecule has 0 aliphatic heterocycles. The normalized spacial score (nSPS) is 16.3. The van der Waals surface area contributed by atoms with Gasteiger partial charge in [-0.1, -0.05) is 12.8 Å². The van der Waals surface area contributed by atoms with Crippen molar-refractivity contribution in [1.82, 2.24) is 5.32 Å². The Balaban J connectivity index is 2.02. The third-order valence-electron chi connectivity index (χ3n) is 3.07. The van der Waals surface area contributed by atoms with Crippen LogP contribution in [0.2, 0.25) is 0 Å². The molecule has 0 aromatic carbocycles. The lowest BCUT2D eigenvalue weighted by Crippen LogP contribution is -2.25. The molecule has 0 heterocycles. The molecule has 0 atom stereocenters. The molecule has 0 aromatic heterocycles. The molecule has 1 fully saturated rings. The first-order valence-corrected chi connectivity index (χ1v) is 6.77. The summed E-state index contributed by atoms with van der Waals surface area (Å²) in [5.74, 6) is 1.31. The number of carbonyl (C=O) groups excluding carboxylic acids is 2. The number of carbonyl (C=O) groups is 2. The Morgan fingerprint density at radius 1 is 1.19 bits per heavy atom. The van der Waals surface area contributed by atoms with Gasteiger partial charge in [0.1, 0.15) is 5.78 Å². The summed E-state index contributed by atoms with van der Waals surface area (Å²) in [6.07, 6.45) is 6.40. The summed E-state index contributed by atoms with van der Waals surface area (Å²) in [5.41, 5.74) is 0. The highest BCUT2D eigenvalue weighted by Crippen LogP contribution is 2.26. The molecule has 0 saturated heterocycles. The number of hydrogen-bond donors (Lipinski definition) is 2. The average molecular weight is 243 g/mol. The topological polar surface area (TPSA) is 46.2 Å². The van der Waals surface area contributed by atoms with Crippen LogP contribution in [-0.4, -0.2) is 24.0 Å². The van der Waals surface area contributed by atoms with E-state index < -0.39 is 0 Å². The van der Waals surface area contributed by atoms with Crippen molar-refractivity contribution in [3.8, 4) is 0 Å². The van der Waals surface area contributed by atoms with E-state index in [0.717, 1.165) is 19.3 Å². The van der Waals surface area contributed by atoms with Gasteiger partial charge in [-0.15, -0.1) is 0 Å². The van der Waals surface area contributed by atoms with E-state index in [9.17, 15) is 9.59 Å². The Bertz CT molecular complexity index is 237.